The van der Waals surface area contributed by atoms with Gasteiger partial charge in [0.05, 0.1) is 11.3 Å². The molecule has 0 fully saturated rings. The van der Waals surface area contributed by atoms with Crippen molar-refractivity contribution in [1.82, 2.24) is 4.98 Å². The van der Waals surface area contributed by atoms with Gasteiger partial charge in [0.15, 0.2) is 5.84 Å². The van der Waals surface area contributed by atoms with Gasteiger partial charge in [-0.05, 0) is 31.2 Å². The first-order valence-corrected chi connectivity index (χ1v) is 6.14. The van der Waals surface area contributed by atoms with E-state index in [1.807, 2.05) is 6.92 Å². The van der Waals surface area contributed by atoms with Crippen LogP contribution in [-0.4, -0.2) is 22.6 Å². The lowest BCUT2D eigenvalue weighted by atomic mass is 10.2. The predicted molar refractivity (Wildman–Crippen MR) is 75.8 cm³/mol. The minimum absolute atomic E-state index is 0.0668. The van der Waals surface area contributed by atoms with Crippen LogP contribution in [0.2, 0.25) is 0 Å². The molecule has 2 rings (SSSR count). The zero-order chi connectivity index (χ0) is 14.5. The molecule has 2 aromatic rings. The lowest BCUT2D eigenvalue weighted by molar-refractivity contribution is 0.318. The van der Waals surface area contributed by atoms with Crippen molar-refractivity contribution in [2.24, 2.45) is 10.9 Å². The zero-order valence-electron chi connectivity index (χ0n) is 11.0. The number of nitrogens with two attached hydrogens (primary N) is 1. The highest BCUT2D eigenvalue weighted by atomic mass is 19.1. The number of para-hydroxylation sites is 1. The van der Waals surface area contributed by atoms with E-state index in [1.165, 1.54) is 6.07 Å². The topological polar surface area (TPSA) is 74.7 Å². The molecule has 6 heteroatoms. The van der Waals surface area contributed by atoms with Crippen molar-refractivity contribution in [3.63, 3.8) is 0 Å². The molecule has 0 amide bonds. The lowest BCUT2D eigenvalue weighted by Crippen LogP contribution is -2.24. The molecule has 1 aromatic carbocycles. The molecule has 20 heavy (non-hydrogen) atoms. The predicted octanol–water partition coefficient (Wildman–Crippen LogP) is 2.47. The quantitative estimate of drug-likeness (QED) is 0.389. The van der Waals surface area contributed by atoms with Gasteiger partial charge >= 0.3 is 0 Å². The van der Waals surface area contributed by atoms with Crippen molar-refractivity contribution < 1.29 is 9.60 Å². The molecule has 1 aromatic heterocycles. The zero-order valence-corrected chi connectivity index (χ0v) is 11.0. The third-order valence-electron chi connectivity index (χ3n) is 2.89. The Labute approximate surface area is 116 Å². The van der Waals surface area contributed by atoms with Crippen molar-refractivity contribution in [2.75, 3.05) is 11.4 Å². The van der Waals surface area contributed by atoms with Gasteiger partial charge in [-0.25, -0.2) is 9.37 Å². The normalized spacial score (nSPS) is 11.4. The minimum Gasteiger partial charge on any atom is -0.409 e. The fourth-order valence-electron chi connectivity index (χ4n) is 1.97. The SMILES string of the molecule is CCN(c1ccccc1F)c1ncccc1C(N)=NO. The molecule has 0 saturated carbocycles. The molecule has 0 saturated heterocycles. The van der Waals surface area contributed by atoms with Crippen LogP contribution in [0.3, 0.4) is 0 Å². The molecule has 0 aliphatic heterocycles. The van der Waals surface area contributed by atoms with Gasteiger partial charge in [0.25, 0.3) is 0 Å². The maximum absolute atomic E-state index is 13.9. The van der Waals surface area contributed by atoms with Crippen molar-refractivity contribution in [3.8, 4) is 0 Å². The summed E-state index contributed by atoms with van der Waals surface area (Å²) in [7, 11) is 0. The van der Waals surface area contributed by atoms with Crippen LogP contribution in [0.4, 0.5) is 15.9 Å². The van der Waals surface area contributed by atoms with Crippen molar-refractivity contribution in [3.05, 3.63) is 54.0 Å². The van der Waals surface area contributed by atoms with Crippen LogP contribution in [0.5, 0.6) is 0 Å². The van der Waals surface area contributed by atoms with E-state index in [9.17, 15) is 4.39 Å². The van der Waals surface area contributed by atoms with E-state index in [2.05, 4.69) is 10.1 Å². The Kier molecular flexibility index (Phi) is 4.14. The molecule has 0 atom stereocenters. The monoisotopic (exact) mass is 274 g/mol. The fourth-order valence-corrected chi connectivity index (χ4v) is 1.97. The maximum atomic E-state index is 13.9. The number of hydrogen-bond acceptors (Lipinski definition) is 4. The highest BCUT2D eigenvalue weighted by Gasteiger charge is 2.18. The molecule has 0 aliphatic carbocycles. The molecular formula is C14H15FN4O. The van der Waals surface area contributed by atoms with Gasteiger partial charge in [-0.3, -0.25) is 0 Å². The van der Waals surface area contributed by atoms with Crippen LogP contribution in [0, 0.1) is 5.82 Å². The molecule has 0 aliphatic rings. The van der Waals surface area contributed by atoms with Crippen LogP contribution >= 0.6 is 0 Å². The Morgan fingerprint density at radius 1 is 1.35 bits per heavy atom. The number of benzene rings is 1. The van der Waals surface area contributed by atoms with E-state index in [0.29, 0.717) is 23.6 Å². The molecule has 3 N–H and O–H groups in total. The molecule has 1 heterocycles. The molecule has 104 valence electrons. The Bertz CT molecular complexity index is 630. The Morgan fingerprint density at radius 2 is 2.10 bits per heavy atom. The van der Waals surface area contributed by atoms with Crippen molar-refractivity contribution in [2.45, 2.75) is 6.92 Å². The Hall–Kier alpha value is -2.63. The van der Waals surface area contributed by atoms with Gasteiger partial charge in [-0.15, -0.1) is 0 Å². The third-order valence-corrected chi connectivity index (χ3v) is 2.89. The Morgan fingerprint density at radius 3 is 2.75 bits per heavy atom. The van der Waals surface area contributed by atoms with E-state index in [1.54, 1.807) is 41.4 Å². The fraction of sp³-hybridized carbons (Fsp3) is 0.143. The summed E-state index contributed by atoms with van der Waals surface area (Å²) in [5.41, 5.74) is 6.48. The third kappa shape index (κ3) is 2.54. The second-order valence-corrected chi connectivity index (χ2v) is 4.06. The minimum atomic E-state index is -0.356. The molecule has 0 spiro atoms. The number of amidine groups is 1. The van der Waals surface area contributed by atoms with E-state index in [0.717, 1.165) is 0 Å². The summed E-state index contributed by atoms with van der Waals surface area (Å²) < 4.78 is 13.9. The molecular weight excluding hydrogens is 259 g/mol. The Balaban J connectivity index is 2.56. The maximum Gasteiger partial charge on any atom is 0.173 e. The first kappa shape index (κ1) is 13.8. The van der Waals surface area contributed by atoms with Gasteiger partial charge in [0.2, 0.25) is 0 Å². The summed E-state index contributed by atoms with van der Waals surface area (Å²) in [5, 5.41) is 11.8. The molecule has 0 unspecified atom stereocenters. The summed E-state index contributed by atoms with van der Waals surface area (Å²) in [6.07, 6.45) is 1.58. The summed E-state index contributed by atoms with van der Waals surface area (Å²) in [5.74, 6) is 0.0174. The summed E-state index contributed by atoms with van der Waals surface area (Å²) in [6.45, 7) is 2.36. The number of anilines is 2. The van der Waals surface area contributed by atoms with Crippen molar-refractivity contribution in [1.29, 1.82) is 0 Å². The van der Waals surface area contributed by atoms with Gasteiger partial charge in [-0.2, -0.15) is 0 Å². The van der Waals surface area contributed by atoms with Crippen LogP contribution < -0.4 is 10.6 Å². The standard InChI is InChI=1S/C14H15FN4O/c1-2-19(12-8-4-3-7-11(12)15)14-10(13(16)18-20)6-5-9-17-14/h3-9,20H,2H2,1H3,(H2,16,18). The van der Waals surface area contributed by atoms with E-state index in [-0.39, 0.29) is 11.7 Å². The number of nitrogens with zero attached hydrogens (tertiary/aromatic N) is 3. The van der Waals surface area contributed by atoms with Gasteiger partial charge in [-0.1, -0.05) is 17.3 Å². The second-order valence-electron chi connectivity index (χ2n) is 4.06. The summed E-state index contributed by atoms with van der Waals surface area (Å²) >= 11 is 0. The van der Waals surface area contributed by atoms with Crippen LogP contribution in [0.15, 0.2) is 47.8 Å². The molecule has 5 nitrogen and oxygen atoms in total. The summed E-state index contributed by atoms with van der Waals surface area (Å²) in [6, 6.07) is 9.74. The van der Waals surface area contributed by atoms with Crippen LogP contribution in [0.25, 0.3) is 0 Å². The van der Waals surface area contributed by atoms with Gasteiger partial charge in [0, 0.05) is 12.7 Å². The average Bonchev–Trinajstić information content (AvgIpc) is 2.49. The number of pyridine rings is 1. The van der Waals surface area contributed by atoms with Crippen molar-refractivity contribution >= 4 is 17.3 Å². The smallest absolute Gasteiger partial charge is 0.173 e. The van der Waals surface area contributed by atoms with Gasteiger partial charge in [0.1, 0.15) is 11.6 Å². The number of halogens is 1. The van der Waals surface area contributed by atoms with Crippen LogP contribution in [-0.2, 0) is 0 Å². The highest BCUT2D eigenvalue weighted by Crippen LogP contribution is 2.28. The first-order chi connectivity index (χ1) is 9.69. The first-order valence-electron chi connectivity index (χ1n) is 6.14. The van der Waals surface area contributed by atoms with Crippen LogP contribution in [0.1, 0.15) is 12.5 Å². The molecule has 0 radical (unpaired) electrons. The highest BCUT2D eigenvalue weighted by molar-refractivity contribution is 6.02. The second kappa shape index (κ2) is 6.01. The number of rotatable bonds is 4. The number of hydrogen-bond donors (Lipinski definition) is 2. The summed E-state index contributed by atoms with van der Waals surface area (Å²) in [4.78, 5) is 5.89. The number of oxime groups is 1. The largest absolute Gasteiger partial charge is 0.409 e. The number of aromatic nitrogens is 1. The molecule has 0 bridgehead atoms. The average molecular weight is 274 g/mol. The lowest BCUT2D eigenvalue weighted by Gasteiger charge is -2.24. The van der Waals surface area contributed by atoms with E-state index < -0.39 is 0 Å². The van der Waals surface area contributed by atoms with Gasteiger partial charge < -0.3 is 15.8 Å². The van der Waals surface area contributed by atoms with E-state index in [4.69, 9.17) is 10.9 Å². The van der Waals surface area contributed by atoms with E-state index >= 15 is 0 Å².